The van der Waals surface area contributed by atoms with Crippen LogP contribution in [-0.2, 0) is 11.4 Å². The van der Waals surface area contributed by atoms with Crippen molar-refractivity contribution in [3.8, 4) is 5.75 Å². The van der Waals surface area contributed by atoms with Gasteiger partial charge in [-0.15, -0.1) is 0 Å². The molecule has 8 heteroatoms. The molecule has 0 bridgehead atoms. The van der Waals surface area contributed by atoms with E-state index in [1.807, 2.05) is 0 Å². The van der Waals surface area contributed by atoms with Gasteiger partial charge in [0.1, 0.15) is 12.4 Å². The van der Waals surface area contributed by atoms with Gasteiger partial charge in [-0.1, -0.05) is 5.16 Å². The maximum atomic E-state index is 12.0. The van der Waals surface area contributed by atoms with Crippen LogP contribution in [0.25, 0.3) is 0 Å². The number of halogens is 2. The molecule has 0 spiro atoms. The number of hydrogen-bond acceptors (Lipinski definition) is 5. The summed E-state index contributed by atoms with van der Waals surface area (Å²) >= 11 is 0. The van der Waals surface area contributed by atoms with Crippen LogP contribution < -0.4 is 4.74 Å². The third-order valence-electron chi connectivity index (χ3n) is 2.76. The standard InChI is InChI=1S/C15H12F2N2O4/c16-15(17)23-14-7-3-11(4-8-14)9-18-22-10-12-1-5-13(6-2-12)19(20)21/h1-9,15H,10H2/b18-9-. The predicted molar refractivity (Wildman–Crippen MR) is 78.6 cm³/mol. The largest absolute Gasteiger partial charge is 0.435 e. The van der Waals surface area contributed by atoms with Crippen molar-refractivity contribution in [2.75, 3.05) is 0 Å². The SMILES string of the molecule is O=[N+]([O-])c1ccc(CO/N=C\c2ccc(OC(F)F)cc2)cc1. The van der Waals surface area contributed by atoms with Crippen LogP contribution in [0.2, 0.25) is 0 Å². The van der Waals surface area contributed by atoms with Crippen molar-refractivity contribution in [3.05, 3.63) is 69.8 Å². The molecule has 0 N–H and O–H groups in total. The molecule has 0 aliphatic rings. The van der Waals surface area contributed by atoms with Crippen molar-refractivity contribution in [1.29, 1.82) is 0 Å². The number of alkyl halides is 2. The minimum absolute atomic E-state index is 0.00311. The molecular weight excluding hydrogens is 310 g/mol. The van der Waals surface area contributed by atoms with E-state index in [0.29, 0.717) is 5.56 Å². The monoisotopic (exact) mass is 322 g/mol. The minimum Gasteiger partial charge on any atom is -0.435 e. The first-order chi connectivity index (χ1) is 11.0. The van der Waals surface area contributed by atoms with Crippen molar-refractivity contribution in [2.45, 2.75) is 13.2 Å². The molecule has 0 aliphatic carbocycles. The number of benzene rings is 2. The number of ether oxygens (including phenoxy) is 1. The highest BCUT2D eigenvalue weighted by Crippen LogP contribution is 2.14. The van der Waals surface area contributed by atoms with Crippen molar-refractivity contribution in [3.63, 3.8) is 0 Å². The highest BCUT2D eigenvalue weighted by Gasteiger charge is 2.04. The van der Waals surface area contributed by atoms with E-state index in [4.69, 9.17) is 4.84 Å². The van der Waals surface area contributed by atoms with Gasteiger partial charge in [-0.25, -0.2) is 0 Å². The van der Waals surface area contributed by atoms with Crippen molar-refractivity contribution in [2.24, 2.45) is 5.16 Å². The summed E-state index contributed by atoms with van der Waals surface area (Å²) in [5.74, 6) is 0.0592. The van der Waals surface area contributed by atoms with Crippen LogP contribution in [0, 0.1) is 10.1 Å². The smallest absolute Gasteiger partial charge is 0.387 e. The molecular formula is C15H12F2N2O4. The van der Waals surface area contributed by atoms with Crippen LogP contribution in [0.4, 0.5) is 14.5 Å². The van der Waals surface area contributed by atoms with Crippen LogP contribution in [0.5, 0.6) is 5.75 Å². The molecule has 23 heavy (non-hydrogen) atoms. The molecule has 120 valence electrons. The molecule has 2 aromatic rings. The lowest BCUT2D eigenvalue weighted by atomic mass is 10.2. The summed E-state index contributed by atoms with van der Waals surface area (Å²) in [6, 6.07) is 11.8. The van der Waals surface area contributed by atoms with Crippen LogP contribution in [0.15, 0.2) is 53.7 Å². The molecule has 2 aromatic carbocycles. The second-order valence-corrected chi connectivity index (χ2v) is 4.38. The van der Waals surface area contributed by atoms with Crippen molar-refractivity contribution < 1.29 is 23.3 Å². The molecule has 0 unspecified atom stereocenters. The van der Waals surface area contributed by atoms with E-state index in [9.17, 15) is 18.9 Å². The van der Waals surface area contributed by atoms with E-state index in [1.54, 1.807) is 24.3 Å². The molecule has 0 heterocycles. The summed E-state index contributed by atoms with van der Waals surface area (Å²) in [5.41, 5.74) is 1.38. The second kappa shape index (κ2) is 7.83. The zero-order valence-corrected chi connectivity index (χ0v) is 11.8. The highest BCUT2D eigenvalue weighted by atomic mass is 19.3. The Morgan fingerprint density at radius 3 is 2.35 bits per heavy atom. The Morgan fingerprint density at radius 1 is 1.13 bits per heavy atom. The van der Waals surface area contributed by atoms with Crippen molar-refractivity contribution in [1.82, 2.24) is 0 Å². The van der Waals surface area contributed by atoms with Gasteiger partial charge in [0.05, 0.1) is 11.1 Å². The maximum absolute atomic E-state index is 12.0. The average molecular weight is 322 g/mol. The topological polar surface area (TPSA) is 74.0 Å². The third-order valence-corrected chi connectivity index (χ3v) is 2.76. The van der Waals surface area contributed by atoms with Gasteiger partial charge < -0.3 is 9.57 Å². The van der Waals surface area contributed by atoms with Gasteiger partial charge in [0.2, 0.25) is 0 Å². The summed E-state index contributed by atoms with van der Waals surface area (Å²) in [7, 11) is 0. The molecule has 2 rings (SSSR count). The lowest BCUT2D eigenvalue weighted by Gasteiger charge is -2.03. The third kappa shape index (κ3) is 5.34. The Bertz CT molecular complexity index is 673. The molecule has 0 fully saturated rings. The number of nitro groups is 1. The van der Waals surface area contributed by atoms with E-state index < -0.39 is 11.5 Å². The molecule has 0 aromatic heterocycles. The minimum atomic E-state index is -2.86. The van der Waals surface area contributed by atoms with Crippen LogP contribution in [-0.4, -0.2) is 17.7 Å². The van der Waals surface area contributed by atoms with Gasteiger partial charge in [-0.05, 0) is 47.5 Å². The molecule has 0 saturated carbocycles. The Kier molecular flexibility index (Phi) is 5.56. The number of oxime groups is 1. The van der Waals surface area contributed by atoms with E-state index >= 15 is 0 Å². The molecule has 0 radical (unpaired) electrons. The number of nitrogens with zero attached hydrogens (tertiary/aromatic N) is 2. The van der Waals surface area contributed by atoms with Crippen molar-refractivity contribution >= 4 is 11.9 Å². The van der Waals surface area contributed by atoms with Crippen LogP contribution >= 0.6 is 0 Å². The fraction of sp³-hybridized carbons (Fsp3) is 0.133. The number of rotatable bonds is 7. The summed E-state index contributed by atoms with van der Waals surface area (Å²) < 4.78 is 28.2. The summed E-state index contributed by atoms with van der Waals surface area (Å²) in [6.07, 6.45) is 1.41. The highest BCUT2D eigenvalue weighted by molar-refractivity contribution is 5.79. The van der Waals surface area contributed by atoms with E-state index in [-0.39, 0.29) is 18.0 Å². The number of hydrogen-bond donors (Lipinski definition) is 0. The molecule has 0 amide bonds. The summed E-state index contributed by atoms with van der Waals surface area (Å²) in [4.78, 5) is 15.1. The predicted octanol–water partition coefficient (Wildman–Crippen LogP) is 3.75. The van der Waals surface area contributed by atoms with Gasteiger partial charge in [0.15, 0.2) is 0 Å². The van der Waals surface area contributed by atoms with Gasteiger partial charge in [-0.3, -0.25) is 10.1 Å². The lowest BCUT2D eigenvalue weighted by Crippen LogP contribution is -2.01. The molecule has 0 atom stereocenters. The van der Waals surface area contributed by atoms with Crippen LogP contribution in [0.1, 0.15) is 11.1 Å². The Hall–Kier alpha value is -3.03. The fourth-order valence-electron chi connectivity index (χ4n) is 1.66. The fourth-order valence-corrected chi connectivity index (χ4v) is 1.66. The molecule has 0 aliphatic heterocycles. The zero-order chi connectivity index (χ0) is 16.7. The Morgan fingerprint density at radius 2 is 1.78 bits per heavy atom. The van der Waals surface area contributed by atoms with E-state index in [1.165, 1.54) is 30.5 Å². The Labute approximate surface area is 130 Å². The van der Waals surface area contributed by atoms with Gasteiger partial charge in [-0.2, -0.15) is 8.78 Å². The number of nitro benzene ring substituents is 1. The normalized spacial score (nSPS) is 10.9. The summed E-state index contributed by atoms with van der Waals surface area (Å²) in [6.45, 7) is -2.71. The first kappa shape index (κ1) is 16.3. The van der Waals surface area contributed by atoms with E-state index in [2.05, 4.69) is 9.89 Å². The summed E-state index contributed by atoms with van der Waals surface area (Å²) in [5, 5.41) is 14.2. The molecule has 6 nitrogen and oxygen atoms in total. The van der Waals surface area contributed by atoms with Gasteiger partial charge >= 0.3 is 6.61 Å². The quantitative estimate of drug-likeness (QED) is 0.442. The first-order valence-corrected chi connectivity index (χ1v) is 6.48. The number of non-ortho nitro benzene ring substituents is 1. The first-order valence-electron chi connectivity index (χ1n) is 6.48. The van der Waals surface area contributed by atoms with Gasteiger partial charge in [0.25, 0.3) is 5.69 Å². The zero-order valence-electron chi connectivity index (χ0n) is 11.8. The maximum Gasteiger partial charge on any atom is 0.387 e. The lowest BCUT2D eigenvalue weighted by molar-refractivity contribution is -0.384. The Balaban J connectivity index is 1.83. The molecule has 0 saturated heterocycles. The van der Waals surface area contributed by atoms with Crippen LogP contribution in [0.3, 0.4) is 0 Å². The average Bonchev–Trinajstić information content (AvgIpc) is 2.53. The van der Waals surface area contributed by atoms with Gasteiger partial charge in [0, 0.05) is 12.1 Å². The van der Waals surface area contributed by atoms with E-state index in [0.717, 1.165) is 5.56 Å². The second-order valence-electron chi connectivity index (χ2n) is 4.38.